The number of halogens is 1. The van der Waals surface area contributed by atoms with Crippen molar-refractivity contribution in [3.8, 4) is 0 Å². The van der Waals surface area contributed by atoms with Crippen LogP contribution < -0.4 is 5.32 Å². The zero-order valence-corrected chi connectivity index (χ0v) is 14.0. The Morgan fingerprint density at radius 2 is 2.08 bits per heavy atom. The molecule has 1 amide bonds. The second-order valence-electron chi connectivity index (χ2n) is 6.36. The summed E-state index contributed by atoms with van der Waals surface area (Å²) in [5.74, 6) is 0.275. The maximum Gasteiger partial charge on any atom is 0.410 e. The predicted molar refractivity (Wildman–Crippen MR) is 94.4 cm³/mol. The summed E-state index contributed by atoms with van der Waals surface area (Å²) in [6.45, 7) is 1.69. The molecule has 24 heavy (non-hydrogen) atoms. The van der Waals surface area contributed by atoms with Gasteiger partial charge in [0.25, 0.3) is 0 Å². The first-order valence-corrected chi connectivity index (χ1v) is 8.60. The number of benzene rings is 2. The lowest BCUT2D eigenvalue weighted by atomic mass is 9.89. The van der Waals surface area contributed by atoms with Gasteiger partial charge in [-0.3, -0.25) is 0 Å². The molecule has 1 N–H and O–H groups in total. The van der Waals surface area contributed by atoms with Crippen LogP contribution in [0.1, 0.15) is 23.5 Å². The number of nitrogens with zero attached hydrogens (tertiary/aromatic N) is 1. The Labute approximate surface area is 146 Å². The summed E-state index contributed by atoms with van der Waals surface area (Å²) in [5.41, 5.74) is 3.34. The Balaban J connectivity index is 1.42. The van der Waals surface area contributed by atoms with Gasteiger partial charge in [0.1, 0.15) is 6.61 Å². The van der Waals surface area contributed by atoms with Crippen molar-refractivity contribution < 1.29 is 9.53 Å². The van der Waals surface area contributed by atoms with E-state index in [4.69, 9.17) is 16.3 Å². The van der Waals surface area contributed by atoms with Gasteiger partial charge in [-0.1, -0.05) is 41.9 Å². The molecule has 124 valence electrons. The molecule has 0 aliphatic carbocycles. The standard InChI is InChI=1S/C19H19ClN2O2/c20-14-6-7-17-15(10-14)16-11-22(9-8-18(16)21-17)19(23)24-12-13-4-2-1-3-5-13/h1-7,10,16,18,21H,8-9,11-12H2. The minimum atomic E-state index is -0.243. The number of hydrogen-bond donors (Lipinski definition) is 1. The van der Waals surface area contributed by atoms with E-state index < -0.39 is 0 Å². The monoisotopic (exact) mass is 342 g/mol. The van der Waals surface area contributed by atoms with E-state index in [1.165, 1.54) is 5.56 Å². The van der Waals surface area contributed by atoms with Crippen molar-refractivity contribution in [1.29, 1.82) is 0 Å². The molecule has 5 heteroatoms. The number of carbonyl (C=O) groups excluding carboxylic acids is 1. The molecule has 0 spiro atoms. The van der Waals surface area contributed by atoms with Crippen LogP contribution >= 0.6 is 11.6 Å². The molecule has 4 rings (SSSR count). The van der Waals surface area contributed by atoms with Gasteiger partial charge in [0, 0.05) is 35.8 Å². The average Bonchev–Trinajstić information content (AvgIpc) is 2.97. The zero-order chi connectivity index (χ0) is 16.5. The third kappa shape index (κ3) is 2.94. The Bertz CT molecular complexity index is 750. The van der Waals surface area contributed by atoms with E-state index in [9.17, 15) is 4.79 Å². The topological polar surface area (TPSA) is 41.6 Å². The van der Waals surface area contributed by atoms with Gasteiger partial charge in [0.15, 0.2) is 0 Å². The summed E-state index contributed by atoms with van der Waals surface area (Å²) in [5, 5.41) is 4.28. The van der Waals surface area contributed by atoms with Gasteiger partial charge in [0.2, 0.25) is 0 Å². The van der Waals surface area contributed by atoms with Crippen LogP contribution in [0.5, 0.6) is 0 Å². The molecule has 0 bridgehead atoms. The summed E-state index contributed by atoms with van der Waals surface area (Å²) >= 11 is 6.14. The number of likely N-dealkylation sites (tertiary alicyclic amines) is 1. The van der Waals surface area contributed by atoms with E-state index in [0.29, 0.717) is 25.7 Å². The number of ether oxygens (including phenoxy) is 1. The van der Waals surface area contributed by atoms with Crippen molar-refractivity contribution in [1.82, 2.24) is 4.90 Å². The van der Waals surface area contributed by atoms with Crippen molar-refractivity contribution >= 4 is 23.4 Å². The highest BCUT2D eigenvalue weighted by Gasteiger charge is 2.38. The second kappa shape index (κ2) is 6.36. The van der Waals surface area contributed by atoms with Crippen LogP contribution in [0.4, 0.5) is 10.5 Å². The van der Waals surface area contributed by atoms with Gasteiger partial charge in [-0.05, 0) is 35.7 Å². The molecule has 0 saturated carbocycles. The van der Waals surface area contributed by atoms with Crippen LogP contribution in [0.2, 0.25) is 5.02 Å². The molecule has 1 fully saturated rings. The van der Waals surface area contributed by atoms with Gasteiger partial charge in [-0.25, -0.2) is 4.79 Å². The first-order valence-electron chi connectivity index (χ1n) is 8.22. The highest BCUT2D eigenvalue weighted by atomic mass is 35.5. The Morgan fingerprint density at radius 3 is 2.92 bits per heavy atom. The Morgan fingerprint density at radius 1 is 1.25 bits per heavy atom. The minimum Gasteiger partial charge on any atom is -0.445 e. The van der Waals surface area contributed by atoms with E-state index in [2.05, 4.69) is 5.32 Å². The smallest absolute Gasteiger partial charge is 0.410 e. The van der Waals surface area contributed by atoms with E-state index in [1.54, 1.807) is 0 Å². The number of hydrogen-bond acceptors (Lipinski definition) is 3. The normalized spacial score (nSPS) is 21.6. The minimum absolute atomic E-state index is 0.243. The number of amides is 1. The van der Waals surface area contributed by atoms with E-state index >= 15 is 0 Å². The molecule has 2 aromatic carbocycles. The highest BCUT2D eigenvalue weighted by Crippen LogP contribution is 2.41. The van der Waals surface area contributed by atoms with E-state index in [1.807, 2.05) is 53.4 Å². The fourth-order valence-corrected chi connectivity index (χ4v) is 3.77. The summed E-state index contributed by atoms with van der Waals surface area (Å²) < 4.78 is 5.47. The quantitative estimate of drug-likeness (QED) is 0.886. The van der Waals surface area contributed by atoms with Gasteiger partial charge in [-0.15, -0.1) is 0 Å². The zero-order valence-electron chi connectivity index (χ0n) is 13.2. The van der Waals surface area contributed by atoms with Crippen LogP contribution in [0.15, 0.2) is 48.5 Å². The Kier molecular flexibility index (Phi) is 4.07. The first-order chi connectivity index (χ1) is 11.7. The van der Waals surface area contributed by atoms with E-state index in [-0.39, 0.29) is 12.0 Å². The number of anilines is 1. The molecule has 2 aliphatic heterocycles. The number of piperidine rings is 1. The maximum absolute atomic E-state index is 12.4. The SMILES string of the molecule is O=C(OCc1ccccc1)N1CCC2Nc3ccc(Cl)cc3C2C1. The fraction of sp³-hybridized carbons (Fsp3) is 0.316. The molecule has 2 atom stereocenters. The van der Waals surface area contributed by atoms with Crippen LogP contribution in [-0.2, 0) is 11.3 Å². The predicted octanol–water partition coefficient (Wildman–Crippen LogP) is 4.26. The van der Waals surface area contributed by atoms with Gasteiger partial charge in [0.05, 0.1) is 0 Å². The molecule has 1 saturated heterocycles. The molecule has 2 aliphatic rings. The van der Waals surface area contributed by atoms with Crippen LogP contribution in [0.3, 0.4) is 0 Å². The first kappa shape index (κ1) is 15.3. The average molecular weight is 343 g/mol. The second-order valence-corrected chi connectivity index (χ2v) is 6.80. The molecule has 2 unspecified atom stereocenters. The van der Waals surface area contributed by atoms with Crippen molar-refractivity contribution in [2.45, 2.75) is 25.0 Å². The summed E-state index contributed by atoms with van der Waals surface area (Å²) in [6, 6.07) is 16.1. The van der Waals surface area contributed by atoms with E-state index in [0.717, 1.165) is 22.7 Å². The summed E-state index contributed by atoms with van der Waals surface area (Å²) in [4.78, 5) is 14.2. The molecular formula is C19H19ClN2O2. The molecule has 2 heterocycles. The number of carbonyl (C=O) groups is 1. The third-order valence-corrected chi connectivity index (χ3v) is 5.07. The lowest BCUT2D eigenvalue weighted by Gasteiger charge is -2.34. The Hall–Kier alpha value is -2.20. The number of nitrogens with one attached hydrogen (secondary N) is 1. The van der Waals surface area contributed by atoms with Crippen molar-refractivity contribution in [3.63, 3.8) is 0 Å². The molecule has 0 radical (unpaired) electrons. The number of rotatable bonds is 2. The lowest BCUT2D eigenvalue weighted by Crippen LogP contribution is -2.45. The third-order valence-electron chi connectivity index (χ3n) is 4.83. The van der Waals surface area contributed by atoms with Crippen molar-refractivity contribution in [3.05, 3.63) is 64.7 Å². The van der Waals surface area contributed by atoms with Gasteiger partial charge in [-0.2, -0.15) is 0 Å². The molecular weight excluding hydrogens is 324 g/mol. The van der Waals surface area contributed by atoms with Crippen LogP contribution in [0, 0.1) is 0 Å². The molecule has 2 aromatic rings. The van der Waals surface area contributed by atoms with Crippen LogP contribution in [-0.4, -0.2) is 30.1 Å². The lowest BCUT2D eigenvalue weighted by molar-refractivity contribution is 0.0850. The largest absolute Gasteiger partial charge is 0.445 e. The fourth-order valence-electron chi connectivity index (χ4n) is 3.59. The molecule has 4 nitrogen and oxygen atoms in total. The highest BCUT2D eigenvalue weighted by molar-refractivity contribution is 6.30. The molecule has 0 aromatic heterocycles. The van der Waals surface area contributed by atoms with Crippen LogP contribution in [0.25, 0.3) is 0 Å². The summed E-state index contributed by atoms with van der Waals surface area (Å²) in [6.07, 6.45) is 0.671. The van der Waals surface area contributed by atoms with Gasteiger partial charge >= 0.3 is 6.09 Å². The van der Waals surface area contributed by atoms with Crippen molar-refractivity contribution in [2.24, 2.45) is 0 Å². The summed E-state index contributed by atoms with van der Waals surface area (Å²) in [7, 11) is 0. The van der Waals surface area contributed by atoms with Gasteiger partial charge < -0.3 is 15.0 Å². The van der Waals surface area contributed by atoms with Crippen molar-refractivity contribution in [2.75, 3.05) is 18.4 Å². The number of fused-ring (bicyclic) bond motifs is 3. The maximum atomic E-state index is 12.4.